The van der Waals surface area contributed by atoms with Crippen molar-refractivity contribution in [3.05, 3.63) is 12.2 Å². The van der Waals surface area contributed by atoms with Gasteiger partial charge in [0.05, 0.1) is 0 Å². The SMILES string of the molecule is C=C(C)C(=O)OCCOC(=O)CCCCCCCCOC. The van der Waals surface area contributed by atoms with Gasteiger partial charge < -0.3 is 14.2 Å². The van der Waals surface area contributed by atoms with Gasteiger partial charge in [0.2, 0.25) is 0 Å². The molecule has 5 heteroatoms. The summed E-state index contributed by atoms with van der Waals surface area (Å²) in [5, 5.41) is 0. The van der Waals surface area contributed by atoms with Crippen molar-refractivity contribution in [2.75, 3.05) is 26.9 Å². The summed E-state index contributed by atoms with van der Waals surface area (Å²) in [4.78, 5) is 22.5. The number of unbranched alkanes of at least 4 members (excludes halogenated alkanes) is 5. The van der Waals surface area contributed by atoms with Gasteiger partial charge in [0.15, 0.2) is 0 Å². The number of ether oxygens (including phenoxy) is 3. The summed E-state index contributed by atoms with van der Waals surface area (Å²) in [7, 11) is 1.71. The smallest absolute Gasteiger partial charge is 0.333 e. The van der Waals surface area contributed by atoms with E-state index < -0.39 is 5.97 Å². The molecule has 0 saturated carbocycles. The largest absolute Gasteiger partial charge is 0.462 e. The Morgan fingerprint density at radius 3 is 2.05 bits per heavy atom. The first-order valence-corrected chi connectivity index (χ1v) is 7.55. The van der Waals surface area contributed by atoms with Gasteiger partial charge in [0.1, 0.15) is 13.2 Å². The fraction of sp³-hybridized carbons (Fsp3) is 0.750. The minimum Gasteiger partial charge on any atom is -0.462 e. The topological polar surface area (TPSA) is 61.8 Å². The average molecular weight is 300 g/mol. The van der Waals surface area contributed by atoms with E-state index in [4.69, 9.17) is 14.2 Å². The van der Waals surface area contributed by atoms with Gasteiger partial charge in [-0.1, -0.05) is 32.3 Å². The number of carbonyl (C=O) groups excluding carboxylic acids is 2. The molecule has 0 saturated heterocycles. The second-order valence-electron chi connectivity index (χ2n) is 5.00. The third-order valence-corrected chi connectivity index (χ3v) is 2.91. The first-order valence-electron chi connectivity index (χ1n) is 7.55. The molecule has 0 aliphatic carbocycles. The molecule has 0 radical (unpaired) electrons. The van der Waals surface area contributed by atoms with Crippen LogP contribution in [-0.2, 0) is 23.8 Å². The number of hydrogen-bond acceptors (Lipinski definition) is 5. The first kappa shape index (κ1) is 19.6. The van der Waals surface area contributed by atoms with Crippen LogP contribution < -0.4 is 0 Å². The highest BCUT2D eigenvalue weighted by Gasteiger charge is 2.05. The standard InChI is InChI=1S/C16H28O5/c1-14(2)16(18)21-13-12-20-15(17)10-8-6-4-5-7-9-11-19-3/h1,4-13H2,2-3H3. The Hall–Kier alpha value is -1.36. The monoisotopic (exact) mass is 300 g/mol. The molecule has 0 amide bonds. The van der Waals surface area contributed by atoms with Crippen LogP contribution in [0.2, 0.25) is 0 Å². The highest BCUT2D eigenvalue weighted by molar-refractivity contribution is 5.86. The molecule has 0 heterocycles. The van der Waals surface area contributed by atoms with Crippen molar-refractivity contribution in [3.63, 3.8) is 0 Å². The third kappa shape index (κ3) is 13.4. The predicted molar refractivity (Wildman–Crippen MR) is 80.9 cm³/mol. The van der Waals surface area contributed by atoms with Gasteiger partial charge in [-0.3, -0.25) is 4.79 Å². The Morgan fingerprint density at radius 2 is 1.43 bits per heavy atom. The number of carbonyl (C=O) groups is 2. The van der Waals surface area contributed by atoms with Gasteiger partial charge in [0.25, 0.3) is 0 Å². The zero-order chi connectivity index (χ0) is 15.9. The molecule has 0 rings (SSSR count). The lowest BCUT2D eigenvalue weighted by molar-refractivity contribution is -0.150. The van der Waals surface area contributed by atoms with Crippen molar-refractivity contribution in [2.45, 2.75) is 51.9 Å². The summed E-state index contributed by atoms with van der Waals surface area (Å²) in [5.41, 5.74) is 0.340. The molecule has 5 nitrogen and oxygen atoms in total. The van der Waals surface area contributed by atoms with Crippen molar-refractivity contribution >= 4 is 11.9 Å². The number of methoxy groups -OCH3 is 1. The van der Waals surface area contributed by atoms with Gasteiger partial charge >= 0.3 is 11.9 Å². The third-order valence-electron chi connectivity index (χ3n) is 2.91. The van der Waals surface area contributed by atoms with Crippen LogP contribution in [0.1, 0.15) is 51.9 Å². The Kier molecular flexibility index (Phi) is 12.7. The van der Waals surface area contributed by atoms with Crippen LogP contribution in [0.4, 0.5) is 0 Å². The van der Waals surface area contributed by atoms with Crippen LogP contribution in [0.15, 0.2) is 12.2 Å². The number of esters is 2. The molecule has 122 valence electrons. The summed E-state index contributed by atoms with van der Waals surface area (Å²) >= 11 is 0. The highest BCUT2D eigenvalue weighted by Crippen LogP contribution is 2.07. The van der Waals surface area contributed by atoms with Crippen LogP contribution >= 0.6 is 0 Å². The maximum absolute atomic E-state index is 11.4. The number of rotatable bonds is 13. The average Bonchev–Trinajstić information content (AvgIpc) is 2.46. The zero-order valence-electron chi connectivity index (χ0n) is 13.3. The van der Waals surface area contributed by atoms with E-state index in [1.807, 2.05) is 0 Å². The molecule has 0 N–H and O–H groups in total. The fourth-order valence-corrected chi connectivity index (χ4v) is 1.71. The van der Waals surface area contributed by atoms with Crippen molar-refractivity contribution in [3.8, 4) is 0 Å². The van der Waals surface area contributed by atoms with E-state index in [1.165, 1.54) is 12.8 Å². The van der Waals surface area contributed by atoms with Crippen LogP contribution in [0.25, 0.3) is 0 Å². The van der Waals surface area contributed by atoms with Gasteiger partial charge in [-0.05, 0) is 19.8 Å². The van der Waals surface area contributed by atoms with E-state index in [0.717, 1.165) is 32.3 Å². The molecule has 0 unspecified atom stereocenters. The first-order chi connectivity index (χ1) is 10.1. The van der Waals surface area contributed by atoms with Crippen molar-refractivity contribution in [1.29, 1.82) is 0 Å². The Bertz CT molecular complexity index is 312. The van der Waals surface area contributed by atoms with E-state index >= 15 is 0 Å². The Labute approximate surface area is 127 Å². The van der Waals surface area contributed by atoms with Crippen LogP contribution in [0, 0.1) is 0 Å². The molecule has 0 aliphatic rings. The molecular weight excluding hydrogens is 272 g/mol. The quantitative estimate of drug-likeness (QED) is 0.297. The predicted octanol–water partition coefficient (Wildman–Crippen LogP) is 3.03. The highest BCUT2D eigenvalue weighted by atomic mass is 16.6. The molecule has 0 aliphatic heterocycles. The lowest BCUT2D eigenvalue weighted by atomic mass is 10.1. The Morgan fingerprint density at radius 1 is 0.857 bits per heavy atom. The van der Waals surface area contributed by atoms with Gasteiger partial charge in [-0.15, -0.1) is 0 Å². The molecular formula is C16H28O5. The summed E-state index contributed by atoms with van der Waals surface area (Å²) in [6, 6.07) is 0. The van der Waals surface area contributed by atoms with Gasteiger partial charge in [-0.25, -0.2) is 4.79 Å². The lowest BCUT2D eigenvalue weighted by Gasteiger charge is -2.06. The maximum atomic E-state index is 11.4. The lowest BCUT2D eigenvalue weighted by Crippen LogP contribution is -2.14. The van der Waals surface area contributed by atoms with E-state index in [2.05, 4.69) is 6.58 Å². The van der Waals surface area contributed by atoms with Gasteiger partial charge in [0, 0.05) is 25.7 Å². The number of hydrogen-bond donors (Lipinski definition) is 0. The summed E-state index contributed by atoms with van der Waals surface area (Å²) in [6.45, 7) is 6.04. The molecule has 0 aromatic carbocycles. The molecule has 21 heavy (non-hydrogen) atoms. The normalized spacial score (nSPS) is 10.2. The van der Waals surface area contributed by atoms with Crippen LogP contribution in [0.5, 0.6) is 0 Å². The van der Waals surface area contributed by atoms with Crippen molar-refractivity contribution < 1.29 is 23.8 Å². The summed E-state index contributed by atoms with van der Waals surface area (Å²) in [6.07, 6.45) is 6.88. The molecule has 0 aromatic rings. The second kappa shape index (κ2) is 13.6. The van der Waals surface area contributed by atoms with E-state index in [1.54, 1.807) is 14.0 Å². The van der Waals surface area contributed by atoms with E-state index in [-0.39, 0.29) is 19.2 Å². The molecule has 0 atom stereocenters. The molecule has 0 bridgehead atoms. The van der Waals surface area contributed by atoms with E-state index in [0.29, 0.717) is 12.0 Å². The van der Waals surface area contributed by atoms with Gasteiger partial charge in [-0.2, -0.15) is 0 Å². The summed E-state index contributed by atoms with van der Waals surface area (Å²) < 4.78 is 14.8. The van der Waals surface area contributed by atoms with Crippen LogP contribution in [0.3, 0.4) is 0 Å². The minimum atomic E-state index is -0.459. The fourth-order valence-electron chi connectivity index (χ4n) is 1.71. The van der Waals surface area contributed by atoms with E-state index in [9.17, 15) is 9.59 Å². The van der Waals surface area contributed by atoms with Crippen molar-refractivity contribution in [2.24, 2.45) is 0 Å². The Balaban J connectivity index is 3.31. The summed E-state index contributed by atoms with van der Waals surface area (Å²) in [5.74, 6) is -0.694. The maximum Gasteiger partial charge on any atom is 0.333 e. The minimum absolute atomic E-state index is 0.0803. The van der Waals surface area contributed by atoms with Crippen LogP contribution in [-0.4, -0.2) is 38.9 Å². The molecule has 0 aromatic heterocycles. The zero-order valence-corrected chi connectivity index (χ0v) is 13.3. The molecule has 0 fully saturated rings. The van der Waals surface area contributed by atoms with Crippen molar-refractivity contribution in [1.82, 2.24) is 0 Å². The second-order valence-corrected chi connectivity index (χ2v) is 5.00. The molecule has 0 spiro atoms.